The van der Waals surface area contributed by atoms with Crippen LogP contribution in [0, 0.1) is 0 Å². The summed E-state index contributed by atoms with van der Waals surface area (Å²) in [5.74, 6) is 0.0297. The molecule has 0 aliphatic rings. The van der Waals surface area contributed by atoms with E-state index < -0.39 is 0 Å². The number of carbonyl (C=O) groups is 1. The molecule has 0 aromatic carbocycles. The van der Waals surface area contributed by atoms with Gasteiger partial charge in [0.2, 0.25) is 5.91 Å². The smallest absolute Gasteiger partial charge is 0.228 e. The minimum Gasteiger partial charge on any atom is -0.354 e. The lowest BCUT2D eigenvalue weighted by Crippen LogP contribution is -2.34. The van der Waals surface area contributed by atoms with Gasteiger partial charge in [0.1, 0.15) is 0 Å². The van der Waals surface area contributed by atoms with Gasteiger partial charge in [-0.2, -0.15) is 0 Å². The molecule has 0 bridgehead atoms. The molecule has 1 aromatic heterocycles. The number of likely N-dealkylation sites (N-methyl/N-ethyl adjacent to an activating group) is 1. The zero-order chi connectivity index (χ0) is 12.8. The molecule has 1 atom stereocenters. The minimum absolute atomic E-state index is 0.0711. The lowest BCUT2D eigenvalue weighted by Gasteiger charge is -2.15. The second kappa shape index (κ2) is 7.13. The maximum Gasteiger partial charge on any atom is 0.228 e. The molecule has 96 valence electrons. The van der Waals surface area contributed by atoms with E-state index in [1.165, 1.54) is 0 Å². The Balaban J connectivity index is 2.37. The van der Waals surface area contributed by atoms with Gasteiger partial charge in [0, 0.05) is 18.0 Å². The van der Waals surface area contributed by atoms with Crippen LogP contribution in [0.4, 0.5) is 0 Å². The quantitative estimate of drug-likeness (QED) is 0.874. The van der Waals surface area contributed by atoms with E-state index in [1.807, 2.05) is 26.1 Å². The molecule has 0 saturated carbocycles. The van der Waals surface area contributed by atoms with Gasteiger partial charge in [-0.25, -0.2) is 0 Å². The largest absolute Gasteiger partial charge is 0.354 e. The number of halogens is 1. The molecule has 17 heavy (non-hydrogen) atoms. The van der Waals surface area contributed by atoms with Crippen LogP contribution in [0.15, 0.2) is 15.9 Å². The average Bonchev–Trinajstić information content (AvgIpc) is 2.74. The van der Waals surface area contributed by atoms with Crippen molar-refractivity contribution >= 4 is 33.2 Å². The highest BCUT2D eigenvalue weighted by Crippen LogP contribution is 2.28. The predicted octanol–water partition coefficient (Wildman–Crippen LogP) is 2.68. The lowest BCUT2D eigenvalue weighted by molar-refractivity contribution is -0.122. The highest BCUT2D eigenvalue weighted by Gasteiger charge is 2.16. The van der Waals surface area contributed by atoms with E-state index in [2.05, 4.69) is 33.1 Å². The number of hydrogen-bond donors (Lipinski definition) is 1. The SMILES string of the molecule is CCN(C)CCNC(=O)[C@H](C)c1ccc(Br)s1. The fraction of sp³-hybridized carbons (Fsp3) is 0.583. The minimum atomic E-state index is -0.0711. The van der Waals surface area contributed by atoms with Crippen molar-refractivity contribution in [2.45, 2.75) is 19.8 Å². The standard InChI is InChI=1S/C12H19BrN2OS/c1-4-15(3)8-7-14-12(16)9(2)10-5-6-11(13)17-10/h5-6,9H,4,7-8H2,1-3H3,(H,14,16)/t9-/m1/s1. The van der Waals surface area contributed by atoms with Gasteiger partial charge in [-0.3, -0.25) is 4.79 Å². The van der Waals surface area contributed by atoms with E-state index in [9.17, 15) is 4.79 Å². The van der Waals surface area contributed by atoms with Gasteiger partial charge >= 0.3 is 0 Å². The first kappa shape index (κ1) is 14.7. The van der Waals surface area contributed by atoms with Gasteiger partial charge in [-0.1, -0.05) is 6.92 Å². The van der Waals surface area contributed by atoms with Crippen LogP contribution in [-0.2, 0) is 4.79 Å². The third-order valence-electron chi connectivity index (χ3n) is 2.75. The summed E-state index contributed by atoms with van der Waals surface area (Å²) >= 11 is 5.02. The molecule has 5 heteroatoms. The van der Waals surface area contributed by atoms with E-state index in [4.69, 9.17) is 0 Å². The van der Waals surface area contributed by atoms with E-state index in [0.717, 1.165) is 21.8 Å². The molecule has 3 nitrogen and oxygen atoms in total. The zero-order valence-electron chi connectivity index (χ0n) is 10.5. The first-order valence-corrected chi connectivity index (χ1v) is 7.37. The third kappa shape index (κ3) is 4.77. The van der Waals surface area contributed by atoms with Crippen molar-refractivity contribution in [1.29, 1.82) is 0 Å². The number of nitrogens with one attached hydrogen (secondary N) is 1. The first-order chi connectivity index (χ1) is 8.04. The maximum absolute atomic E-state index is 11.9. The van der Waals surface area contributed by atoms with Crippen LogP contribution in [-0.4, -0.2) is 37.5 Å². The summed E-state index contributed by atoms with van der Waals surface area (Å²) in [7, 11) is 2.05. The molecule has 0 aliphatic carbocycles. The molecule has 1 N–H and O–H groups in total. The van der Waals surface area contributed by atoms with Crippen molar-refractivity contribution in [3.63, 3.8) is 0 Å². The highest BCUT2D eigenvalue weighted by molar-refractivity contribution is 9.11. The van der Waals surface area contributed by atoms with E-state index >= 15 is 0 Å². The summed E-state index contributed by atoms with van der Waals surface area (Å²) in [5.41, 5.74) is 0. The molecule has 0 fully saturated rings. The average molecular weight is 319 g/mol. The summed E-state index contributed by atoms with van der Waals surface area (Å²) in [4.78, 5) is 15.2. The van der Waals surface area contributed by atoms with Crippen LogP contribution in [0.5, 0.6) is 0 Å². The number of amides is 1. The second-order valence-electron chi connectivity index (χ2n) is 4.05. The van der Waals surface area contributed by atoms with Gasteiger partial charge < -0.3 is 10.2 Å². The van der Waals surface area contributed by atoms with Crippen LogP contribution >= 0.6 is 27.3 Å². The Labute approximate surface area is 115 Å². The maximum atomic E-state index is 11.9. The van der Waals surface area contributed by atoms with E-state index in [0.29, 0.717) is 6.54 Å². The lowest BCUT2D eigenvalue weighted by atomic mass is 10.1. The van der Waals surface area contributed by atoms with Crippen LogP contribution in [0.3, 0.4) is 0 Å². The molecule has 1 rings (SSSR count). The molecule has 0 radical (unpaired) electrons. The molecule has 0 saturated heterocycles. The van der Waals surface area contributed by atoms with Crippen molar-refractivity contribution in [3.05, 3.63) is 20.8 Å². The Bertz CT molecular complexity index is 367. The summed E-state index contributed by atoms with van der Waals surface area (Å²) in [6, 6.07) is 3.98. The van der Waals surface area contributed by atoms with E-state index in [-0.39, 0.29) is 11.8 Å². The Hall–Kier alpha value is -0.390. The fourth-order valence-corrected chi connectivity index (χ4v) is 2.85. The number of carbonyl (C=O) groups excluding carboxylic acids is 1. The molecule has 0 unspecified atom stereocenters. The molecule has 1 heterocycles. The number of thiophene rings is 1. The molecule has 0 spiro atoms. The molecule has 1 amide bonds. The van der Waals surface area contributed by atoms with Crippen LogP contribution in [0.1, 0.15) is 24.6 Å². The summed E-state index contributed by atoms with van der Waals surface area (Å²) < 4.78 is 1.07. The number of rotatable bonds is 6. The second-order valence-corrected chi connectivity index (χ2v) is 6.55. The topological polar surface area (TPSA) is 32.3 Å². The molecular weight excluding hydrogens is 300 g/mol. The first-order valence-electron chi connectivity index (χ1n) is 5.76. The van der Waals surface area contributed by atoms with Crippen molar-refractivity contribution in [2.24, 2.45) is 0 Å². The Morgan fingerprint density at radius 1 is 1.59 bits per heavy atom. The Morgan fingerprint density at radius 2 is 2.29 bits per heavy atom. The number of nitrogens with zero attached hydrogens (tertiary/aromatic N) is 1. The van der Waals surface area contributed by atoms with Crippen molar-refractivity contribution < 1.29 is 4.79 Å². The Kier molecular flexibility index (Phi) is 6.16. The van der Waals surface area contributed by atoms with Crippen LogP contribution < -0.4 is 5.32 Å². The number of hydrogen-bond acceptors (Lipinski definition) is 3. The van der Waals surface area contributed by atoms with Gasteiger partial charge in [-0.15, -0.1) is 11.3 Å². The van der Waals surface area contributed by atoms with Crippen molar-refractivity contribution in [2.75, 3.05) is 26.7 Å². The predicted molar refractivity (Wildman–Crippen MR) is 76.6 cm³/mol. The van der Waals surface area contributed by atoms with Gasteiger partial charge in [0.15, 0.2) is 0 Å². The van der Waals surface area contributed by atoms with Gasteiger partial charge in [0.25, 0.3) is 0 Å². The molecular formula is C12H19BrN2OS. The summed E-state index contributed by atoms with van der Waals surface area (Å²) in [6.07, 6.45) is 0. The molecule has 0 aliphatic heterocycles. The third-order valence-corrected chi connectivity index (χ3v) is 4.55. The van der Waals surface area contributed by atoms with E-state index in [1.54, 1.807) is 11.3 Å². The fourth-order valence-electron chi connectivity index (χ4n) is 1.37. The summed E-state index contributed by atoms with van der Waals surface area (Å²) in [6.45, 7) is 6.65. The zero-order valence-corrected chi connectivity index (χ0v) is 12.9. The Morgan fingerprint density at radius 3 is 2.82 bits per heavy atom. The van der Waals surface area contributed by atoms with Crippen molar-refractivity contribution in [1.82, 2.24) is 10.2 Å². The highest BCUT2D eigenvalue weighted by atomic mass is 79.9. The summed E-state index contributed by atoms with van der Waals surface area (Å²) in [5, 5.41) is 2.97. The van der Waals surface area contributed by atoms with Gasteiger partial charge in [0.05, 0.1) is 9.70 Å². The molecule has 1 aromatic rings. The monoisotopic (exact) mass is 318 g/mol. The van der Waals surface area contributed by atoms with Crippen molar-refractivity contribution in [3.8, 4) is 0 Å². The van der Waals surface area contributed by atoms with Gasteiger partial charge in [-0.05, 0) is 48.6 Å². The normalized spacial score (nSPS) is 12.8. The van der Waals surface area contributed by atoms with Crippen LogP contribution in [0.25, 0.3) is 0 Å². The van der Waals surface area contributed by atoms with Crippen LogP contribution in [0.2, 0.25) is 0 Å².